The number of hydrogen-bond acceptors (Lipinski definition) is 19. The average molecular weight is 791 g/mol. The van der Waals surface area contributed by atoms with Gasteiger partial charge in [0.25, 0.3) is 0 Å². The number of Topliss-reactive ketones (excluding diaryl/α,β-unsaturated/α-hetero) is 1. The van der Waals surface area contributed by atoms with E-state index < -0.39 is 143 Å². The average Bonchev–Trinajstić information content (AvgIpc) is 3.56. The first-order valence-corrected chi connectivity index (χ1v) is 19.2. The zero-order valence-corrected chi connectivity index (χ0v) is 30.0. The number of phenolic OH excluding ortho intramolecular Hbond substituents is 1. The molecule has 54 heavy (non-hydrogen) atoms. The van der Waals surface area contributed by atoms with Crippen molar-refractivity contribution in [2.75, 3.05) is 19.0 Å². The van der Waals surface area contributed by atoms with Gasteiger partial charge in [0.05, 0.1) is 48.1 Å². The monoisotopic (exact) mass is 790 g/mol. The van der Waals surface area contributed by atoms with Crippen LogP contribution >= 0.6 is 0 Å². The van der Waals surface area contributed by atoms with Crippen LogP contribution in [0.25, 0.3) is 0 Å². The lowest BCUT2D eigenvalue weighted by Gasteiger charge is -2.47. The Hall–Kier alpha value is -2.25. The van der Waals surface area contributed by atoms with Gasteiger partial charge in [0.1, 0.15) is 60.7 Å². The van der Waals surface area contributed by atoms with Gasteiger partial charge in [0.15, 0.2) is 18.2 Å². The molecule has 1 spiro atoms. The van der Waals surface area contributed by atoms with Gasteiger partial charge in [-0.1, -0.05) is 6.92 Å². The molecule has 5 heterocycles. The highest BCUT2D eigenvalue weighted by Crippen LogP contribution is 2.53. The second-order valence-corrected chi connectivity index (χ2v) is 16.7. The number of aliphatic hydroxyl groups is 8. The lowest BCUT2D eigenvalue weighted by molar-refractivity contribution is -0.369. The number of benzene rings is 1. The number of phenols is 1. The highest BCUT2D eigenvalue weighted by Gasteiger charge is 2.75. The van der Waals surface area contributed by atoms with Crippen molar-refractivity contribution >= 4 is 22.6 Å². The van der Waals surface area contributed by atoms with Gasteiger partial charge in [-0.15, -0.1) is 0 Å². The van der Waals surface area contributed by atoms with E-state index in [2.05, 4.69) is 0 Å². The Kier molecular flexibility index (Phi) is 11.0. The Balaban J connectivity index is 1.10. The van der Waals surface area contributed by atoms with Crippen molar-refractivity contribution in [2.24, 2.45) is 11.8 Å². The Bertz CT molecular complexity index is 1580. The largest absolute Gasteiger partial charge is 0.508 e. The van der Waals surface area contributed by atoms with Crippen LogP contribution in [0, 0.1) is 11.8 Å². The number of carbonyl (C=O) groups excluding carboxylic acids is 2. The summed E-state index contributed by atoms with van der Waals surface area (Å²) in [6.07, 6.45) is -21.9. The van der Waals surface area contributed by atoms with Crippen LogP contribution in [-0.4, -0.2) is 183 Å². The van der Waals surface area contributed by atoms with Gasteiger partial charge in [-0.2, -0.15) is 0 Å². The molecule has 0 radical (unpaired) electrons. The standard InChI is InChI=1S/C34H46O19S/c1-12-10-47-33(8-17(12)49-29(43)14-3-5-15(36)6-4-14)32(44)34(45)20(37)7-16-19(11-54(46)27(16)28(34)53-33)51-31-26(24(41)21(38)13(2)48-31)52-30-25(42)23(40)22(39)18(9-35)50-30/h3-6,12-13,16-28,30-31,35-42,45H,7-11H2,1-2H3/t12-,13-,16-,17+,18-,19+,20+,21-,22-,23+,24+,25-,26-,27+,28-,30+,31+,33+,34-,54?/m1/s1. The maximum atomic E-state index is 14.1. The molecule has 20 atom stereocenters. The number of ketones is 1. The van der Waals surface area contributed by atoms with Crippen LogP contribution in [0.3, 0.4) is 0 Å². The number of aromatic hydroxyl groups is 1. The van der Waals surface area contributed by atoms with E-state index in [4.69, 9.17) is 33.2 Å². The minimum atomic E-state index is -2.57. The van der Waals surface area contributed by atoms with Crippen molar-refractivity contribution in [1.82, 2.24) is 0 Å². The van der Waals surface area contributed by atoms with Crippen LogP contribution < -0.4 is 0 Å². The van der Waals surface area contributed by atoms with Gasteiger partial charge < -0.3 is 79.1 Å². The zero-order valence-electron chi connectivity index (χ0n) is 29.2. The van der Waals surface area contributed by atoms with E-state index in [1.807, 2.05) is 0 Å². The fraction of sp³-hybridized carbons (Fsp3) is 0.765. The molecule has 5 aliphatic heterocycles. The van der Waals surface area contributed by atoms with Crippen LogP contribution in [0.5, 0.6) is 5.75 Å². The summed E-state index contributed by atoms with van der Waals surface area (Å²) in [6, 6.07) is 5.35. The minimum Gasteiger partial charge on any atom is -0.508 e. The van der Waals surface area contributed by atoms with Gasteiger partial charge in [0.2, 0.25) is 11.6 Å². The molecule has 6 aliphatic rings. The number of hydrogen-bond donors (Lipinski definition) is 9. The lowest BCUT2D eigenvalue weighted by Crippen LogP contribution is -2.66. The van der Waals surface area contributed by atoms with Crippen LogP contribution in [0.2, 0.25) is 0 Å². The number of esters is 1. The predicted molar refractivity (Wildman–Crippen MR) is 175 cm³/mol. The summed E-state index contributed by atoms with van der Waals surface area (Å²) >= 11 is 0. The maximum absolute atomic E-state index is 14.1. The summed E-state index contributed by atoms with van der Waals surface area (Å²) in [6.45, 7) is 2.26. The summed E-state index contributed by atoms with van der Waals surface area (Å²) in [7, 11) is -1.87. The second-order valence-electron chi connectivity index (χ2n) is 15.0. The molecule has 20 heteroatoms. The Morgan fingerprint density at radius 1 is 0.926 bits per heavy atom. The van der Waals surface area contributed by atoms with E-state index in [0.717, 1.165) is 0 Å². The molecule has 1 aliphatic carbocycles. The third kappa shape index (κ3) is 6.61. The molecule has 0 bridgehead atoms. The third-order valence-electron chi connectivity index (χ3n) is 11.6. The number of aliphatic hydroxyl groups excluding tert-OH is 7. The van der Waals surface area contributed by atoms with Crippen molar-refractivity contribution in [2.45, 2.75) is 129 Å². The summed E-state index contributed by atoms with van der Waals surface area (Å²) in [5.41, 5.74) is -2.43. The number of ether oxygens (including phenoxy) is 7. The number of carbonyl (C=O) groups is 2. The van der Waals surface area contributed by atoms with Gasteiger partial charge >= 0.3 is 5.97 Å². The maximum Gasteiger partial charge on any atom is 0.338 e. The van der Waals surface area contributed by atoms with Crippen molar-refractivity contribution in [3.05, 3.63) is 29.8 Å². The number of fused-ring (bicyclic) bond motifs is 3. The molecule has 1 unspecified atom stereocenters. The molecule has 0 aromatic heterocycles. The SMILES string of the molecule is C[C@@H]1CO[C@@]2(C[C@@H]1OC(=O)c1ccc(O)cc1)O[C@@H]1[C@@H]3[C@H](C[C@H](O)[C@]1(O)C2=O)[C@@H](O[C@@H]1O[C@H](C)[C@@H](O)[C@H](O)[C@H]1O[C@@H]1O[C@H](CO)[C@@H](O)[C@H](O)[C@H]1O)CS3=O. The molecule has 5 saturated heterocycles. The molecule has 1 aromatic rings. The highest BCUT2D eigenvalue weighted by atomic mass is 32.2. The predicted octanol–water partition coefficient (Wildman–Crippen LogP) is -4.08. The van der Waals surface area contributed by atoms with Crippen LogP contribution in [0.1, 0.15) is 37.0 Å². The molecule has 1 saturated carbocycles. The first-order chi connectivity index (χ1) is 25.5. The minimum absolute atomic E-state index is 0.0574. The molecule has 7 rings (SSSR count). The highest BCUT2D eigenvalue weighted by molar-refractivity contribution is 7.86. The van der Waals surface area contributed by atoms with E-state index in [1.165, 1.54) is 31.2 Å². The van der Waals surface area contributed by atoms with Gasteiger partial charge in [-0.3, -0.25) is 9.00 Å². The fourth-order valence-corrected chi connectivity index (χ4v) is 10.4. The second kappa shape index (κ2) is 14.9. The number of rotatable bonds is 7. The summed E-state index contributed by atoms with van der Waals surface area (Å²) in [5.74, 6) is -5.48. The van der Waals surface area contributed by atoms with Crippen molar-refractivity contribution in [3.63, 3.8) is 0 Å². The molecule has 0 amide bonds. The Morgan fingerprint density at radius 3 is 2.31 bits per heavy atom. The van der Waals surface area contributed by atoms with E-state index in [-0.39, 0.29) is 36.5 Å². The molecule has 19 nitrogen and oxygen atoms in total. The Labute approximate surface area is 310 Å². The van der Waals surface area contributed by atoms with Gasteiger partial charge in [0, 0.05) is 29.1 Å². The molecule has 9 N–H and O–H groups in total. The molecular formula is C34H46O19S. The topological polar surface area (TPSA) is 298 Å². The van der Waals surface area contributed by atoms with Crippen molar-refractivity contribution in [1.29, 1.82) is 0 Å². The van der Waals surface area contributed by atoms with Crippen LogP contribution in [0.4, 0.5) is 0 Å². The quantitative estimate of drug-likeness (QED) is 0.119. The summed E-state index contributed by atoms with van der Waals surface area (Å²) in [5, 5.41) is 94.1. The zero-order chi connectivity index (χ0) is 39.0. The van der Waals surface area contributed by atoms with Crippen LogP contribution in [-0.2, 0) is 48.8 Å². The van der Waals surface area contributed by atoms with Crippen molar-refractivity contribution < 1.29 is 92.9 Å². The third-order valence-corrected chi connectivity index (χ3v) is 13.4. The summed E-state index contributed by atoms with van der Waals surface area (Å²) < 4.78 is 55.0. The van der Waals surface area contributed by atoms with Gasteiger partial charge in [-0.05, 0) is 37.6 Å². The molecule has 302 valence electrons. The molecule has 1 aromatic carbocycles. The van der Waals surface area contributed by atoms with Gasteiger partial charge in [-0.25, -0.2) is 4.79 Å². The van der Waals surface area contributed by atoms with E-state index in [9.17, 15) is 59.8 Å². The van der Waals surface area contributed by atoms with E-state index >= 15 is 0 Å². The van der Waals surface area contributed by atoms with Crippen molar-refractivity contribution in [3.8, 4) is 5.75 Å². The van der Waals surface area contributed by atoms with E-state index in [0.29, 0.717) is 0 Å². The first kappa shape index (κ1) is 40.0. The molecule has 6 fully saturated rings. The summed E-state index contributed by atoms with van der Waals surface area (Å²) in [4.78, 5) is 27.1. The smallest absolute Gasteiger partial charge is 0.338 e. The Morgan fingerprint density at radius 2 is 1.63 bits per heavy atom. The first-order valence-electron chi connectivity index (χ1n) is 17.8. The van der Waals surface area contributed by atoms with Crippen LogP contribution in [0.15, 0.2) is 24.3 Å². The van der Waals surface area contributed by atoms with E-state index in [1.54, 1.807) is 6.92 Å². The lowest BCUT2D eigenvalue weighted by atomic mass is 9.70. The fourth-order valence-electron chi connectivity index (χ4n) is 8.33. The normalized spacial score (nSPS) is 50.4. The molecular weight excluding hydrogens is 744 g/mol.